The first kappa shape index (κ1) is 52.0. The van der Waals surface area contributed by atoms with Crippen LogP contribution in [0.25, 0.3) is 32.7 Å². The van der Waals surface area contributed by atoms with Crippen LogP contribution in [0.15, 0.2) is 170 Å². The minimum absolute atomic E-state index is 0.411. The predicted molar refractivity (Wildman–Crippen MR) is 277 cm³/mol. The third-order valence-electron chi connectivity index (χ3n) is 11.5. The number of benzene rings is 8. The number of para-hydroxylation sites is 4. The molecule has 0 N–H and O–H groups in total. The second-order valence-corrected chi connectivity index (χ2v) is 17.7. The first-order valence-electron chi connectivity index (χ1n) is 22.7. The molecule has 0 unspecified atom stereocenters. The van der Waals surface area contributed by atoms with Gasteiger partial charge in [-0.3, -0.25) is 0 Å². The largest absolute Gasteiger partial charge is 0.530 e. The van der Waals surface area contributed by atoms with Gasteiger partial charge in [0.05, 0.1) is 22.3 Å². The molecule has 0 spiro atoms. The van der Waals surface area contributed by atoms with Crippen molar-refractivity contribution < 1.29 is 65.0 Å². The van der Waals surface area contributed by atoms with Gasteiger partial charge in [-0.25, -0.2) is 0 Å². The Hall–Kier alpha value is -6.38. The van der Waals surface area contributed by atoms with Gasteiger partial charge in [0.25, 0.3) is 0 Å². The van der Waals surface area contributed by atoms with E-state index in [1.165, 1.54) is 0 Å². The van der Waals surface area contributed by atoms with E-state index >= 15 is 0 Å². The maximum atomic E-state index is 7.14. The van der Waals surface area contributed by atoms with E-state index in [4.69, 9.17) is 65.0 Å². The highest BCUT2D eigenvalue weighted by Gasteiger charge is 2.32. The molecule has 0 atom stereocenters. The molecule has 0 saturated carbocycles. The van der Waals surface area contributed by atoms with E-state index in [-0.39, 0.29) is 0 Å². The molecule has 8 aromatic rings. The molecule has 0 fully saturated rings. The number of rotatable bonds is 25. The van der Waals surface area contributed by atoms with Gasteiger partial charge in [0.2, 0.25) is 0 Å². The SMILES string of the molecule is COC(OC)c1ccccc1OP(Oc1ccccc1C(OC)OC)Oc1ccc2ccccc2c1-c1c(OP(Oc2ccccc2C(OC)OC)Oc2ccccc2C(OC)OC)ccc2ccccc12. The number of hydrogen-bond donors (Lipinski definition) is 0. The fraction of sp³-hybridized carbons (Fsp3) is 0.214. The molecule has 8 rings (SSSR count). The summed E-state index contributed by atoms with van der Waals surface area (Å²) in [6, 6.07) is 53.4. The Morgan fingerprint density at radius 3 is 0.764 bits per heavy atom. The van der Waals surface area contributed by atoms with Gasteiger partial charge < -0.3 is 65.0 Å². The average Bonchev–Trinajstić information content (AvgIpc) is 3.42. The van der Waals surface area contributed by atoms with E-state index < -0.39 is 42.4 Å². The molecular weight excluding hydrogens is 959 g/mol. The topological polar surface area (TPSA) is 129 Å². The molecular formula is C56H56O14P2. The van der Waals surface area contributed by atoms with Crippen molar-refractivity contribution in [3.05, 3.63) is 192 Å². The molecule has 0 radical (unpaired) electrons. The smallest absolute Gasteiger partial charge is 0.408 e. The maximum Gasteiger partial charge on any atom is 0.530 e. The highest BCUT2D eigenvalue weighted by Crippen LogP contribution is 2.55. The third kappa shape index (κ3) is 11.8. The zero-order valence-corrected chi connectivity index (χ0v) is 42.9. The lowest BCUT2D eigenvalue weighted by Crippen LogP contribution is -2.11. The minimum Gasteiger partial charge on any atom is -0.408 e. The quantitative estimate of drug-likeness (QED) is 0.0398. The average molecular weight is 1010 g/mol. The van der Waals surface area contributed by atoms with Crippen molar-refractivity contribution in [1.29, 1.82) is 0 Å². The Balaban J connectivity index is 1.32. The second-order valence-electron chi connectivity index (χ2n) is 15.7. The summed E-state index contributed by atoms with van der Waals surface area (Å²) in [5.41, 5.74) is 3.82. The van der Waals surface area contributed by atoms with Gasteiger partial charge in [-0.15, -0.1) is 0 Å². The van der Waals surface area contributed by atoms with Gasteiger partial charge >= 0.3 is 17.2 Å². The van der Waals surface area contributed by atoms with Crippen molar-refractivity contribution >= 4 is 38.7 Å². The standard InChI is InChI=1S/C56H56O14P2/c1-57-53(58-2)41-25-13-17-29-45(41)65-71(66-46-30-18-14-26-42(46)54(59-3)60-4)69-49-35-33-37-21-9-11-23-39(37)51(49)52-40-24-12-10-22-38(40)34-36-50(52)70-72(67-47-31-19-15-27-43(47)55(61-5)62-6)68-48-32-20-16-28-44(48)56(63-7)64-8/h9-36,53-56H,1-8H3. The van der Waals surface area contributed by atoms with Crippen LogP contribution in [0.3, 0.4) is 0 Å². The fourth-order valence-electron chi connectivity index (χ4n) is 8.20. The Morgan fingerprint density at radius 1 is 0.250 bits per heavy atom. The van der Waals surface area contributed by atoms with Crippen LogP contribution >= 0.6 is 17.2 Å². The number of fused-ring (bicyclic) bond motifs is 2. The Bertz CT molecular complexity index is 2700. The van der Waals surface area contributed by atoms with E-state index in [1.54, 1.807) is 81.1 Å². The molecule has 0 aromatic heterocycles. The highest BCUT2D eigenvalue weighted by molar-refractivity contribution is 7.43. The zero-order chi connectivity index (χ0) is 50.4. The zero-order valence-electron chi connectivity index (χ0n) is 41.1. The Morgan fingerprint density at radius 2 is 0.486 bits per heavy atom. The van der Waals surface area contributed by atoms with Crippen LogP contribution in [0.4, 0.5) is 0 Å². The molecule has 374 valence electrons. The van der Waals surface area contributed by atoms with Crippen molar-refractivity contribution in [2.24, 2.45) is 0 Å². The maximum absolute atomic E-state index is 7.14. The molecule has 16 heteroatoms. The van der Waals surface area contributed by atoms with Gasteiger partial charge in [0, 0.05) is 68.0 Å². The second kappa shape index (κ2) is 25.3. The van der Waals surface area contributed by atoms with E-state index in [0.29, 0.717) is 67.9 Å². The van der Waals surface area contributed by atoms with Crippen LogP contribution in [0.5, 0.6) is 34.5 Å². The van der Waals surface area contributed by atoms with Gasteiger partial charge in [-0.05, 0) is 57.9 Å². The molecule has 0 heterocycles. The molecule has 72 heavy (non-hydrogen) atoms. The molecule has 0 aliphatic carbocycles. The monoisotopic (exact) mass is 1010 g/mol. The van der Waals surface area contributed by atoms with Crippen molar-refractivity contribution in [3.8, 4) is 45.6 Å². The summed E-state index contributed by atoms with van der Waals surface area (Å²) in [6.45, 7) is 0. The van der Waals surface area contributed by atoms with Gasteiger partial charge in [-0.2, -0.15) is 0 Å². The highest BCUT2D eigenvalue weighted by atomic mass is 31.2. The molecule has 0 saturated heterocycles. The Kier molecular flexibility index (Phi) is 18.3. The van der Waals surface area contributed by atoms with Gasteiger partial charge in [0.1, 0.15) is 34.5 Å². The summed E-state index contributed by atoms with van der Waals surface area (Å²) in [5, 5.41) is 3.55. The number of ether oxygens (including phenoxy) is 8. The minimum atomic E-state index is -2.37. The lowest BCUT2D eigenvalue weighted by molar-refractivity contribution is -0.107. The van der Waals surface area contributed by atoms with Crippen molar-refractivity contribution in [1.82, 2.24) is 0 Å². The number of methoxy groups -OCH3 is 8. The molecule has 0 aliphatic heterocycles. The molecule has 0 bridgehead atoms. The number of hydrogen-bond acceptors (Lipinski definition) is 14. The van der Waals surface area contributed by atoms with Crippen LogP contribution in [0.1, 0.15) is 47.4 Å². The fourth-order valence-corrected chi connectivity index (χ4v) is 10.4. The summed E-state index contributed by atoms with van der Waals surface area (Å²) in [5.74, 6) is 2.47. The van der Waals surface area contributed by atoms with E-state index in [9.17, 15) is 0 Å². The van der Waals surface area contributed by atoms with E-state index in [0.717, 1.165) is 21.5 Å². The summed E-state index contributed by atoms with van der Waals surface area (Å²) in [4.78, 5) is 0. The van der Waals surface area contributed by atoms with Crippen LogP contribution < -0.4 is 27.1 Å². The Labute approximate surface area is 422 Å². The van der Waals surface area contributed by atoms with Crippen molar-refractivity contribution in [2.45, 2.75) is 25.2 Å². The van der Waals surface area contributed by atoms with Crippen molar-refractivity contribution in [2.75, 3.05) is 56.9 Å². The molecule has 0 amide bonds. The summed E-state index contributed by atoms with van der Waals surface area (Å²) < 4.78 is 87.2. The summed E-state index contributed by atoms with van der Waals surface area (Å²) >= 11 is 0. The lowest BCUT2D eigenvalue weighted by atomic mass is 9.92. The predicted octanol–water partition coefficient (Wildman–Crippen LogP) is 14.4. The van der Waals surface area contributed by atoms with Crippen LogP contribution in [0, 0.1) is 0 Å². The van der Waals surface area contributed by atoms with Gasteiger partial charge in [0.15, 0.2) is 25.2 Å². The van der Waals surface area contributed by atoms with E-state index in [2.05, 4.69) is 0 Å². The van der Waals surface area contributed by atoms with E-state index in [1.807, 2.05) is 146 Å². The first-order valence-corrected chi connectivity index (χ1v) is 24.9. The lowest BCUT2D eigenvalue weighted by Gasteiger charge is -2.26. The van der Waals surface area contributed by atoms with Crippen LogP contribution in [-0.4, -0.2) is 56.9 Å². The van der Waals surface area contributed by atoms with Crippen LogP contribution in [-0.2, 0) is 37.9 Å². The van der Waals surface area contributed by atoms with Gasteiger partial charge in [-0.1, -0.05) is 133 Å². The van der Waals surface area contributed by atoms with Crippen LogP contribution in [0.2, 0.25) is 0 Å². The summed E-state index contributed by atoms with van der Waals surface area (Å²) in [7, 11) is 7.72. The normalized spacial score (nSPS) is 11.7. The molecule has 8 aromatic carbocycles. The van der Waals surface area contributed by atoms with Crippen molar-refractivity contribution in [3.63, 3.8) is 0 Å². The molecule has 14 nitrogen and oxygen atoms in total. The third-order valence-corrected chi connectivity index (χ3v) is 13.5. The molecule has 0 aliphatic rings. The first-order chi connectivity index (χ1) is 35.4. The summed E-state index contributed by atoms with van der Waals surface area (Å²) in [6.07, 6.45) is -3.03.